The number of rotatable bonds is 11. The van der Waals surface area contributed by atoms with Crippen molar-refractivity contribution in [3.05, 3.63) is 30.3 Å². The maximum atomic E-state index is 13.7. The molecule has 0 fully saturated rings. The molecule has 1 N–H and O–H groups in total. The molecule has 0 heterocycles. The summed E-state index contributed by atoms with van der Waals surface area (Å²) in [6, 6.07) is 7.19. The van der Waals surface area contributed by atoms with Crippen molar-refractivity contribution in [2.24, 2.45) is 0 Å². The first-order chi connectivity index (χ1) is 18.8. The number of nitrogens with one attached hydrogen (secondary N) is 1. The maximum absolute atomic E-state index is 13.7. The molecule has 0 saturated heterocycles. The third-order valence-electron chi connectivity index (χ3n) is 4.79. The van der Waals surface area contributed by atoms with Crippen LogP contribution in [0.3, 0.4) is 0 Å². The molecule has 0 spiro atoms. The topological polar surface area (TPSA) is 103 Å². The van der Waals surface area contributed by atoms with E-state index in [-0.39, 0.29) is 4.90 Å². The highest BCUT2D eigenvalue weighted by Crippen LogP contribution is 2.64. The predicted molar refractivity (Wildman–Crippen MR) is 110 cm³/mol. The molecule has 260 valence electrons. The van der Waals surface area contributed by atoms with Gasteiger partial charge in [-0.3, -0.25) is 0 Å². The fraction of sp³-hybridized carbons (Fsp3) is 0.667. The number of nitrogens with zero attached hydrogens (tertiary/aromatic N) is 1. The maximum Gasteiger partial charge on any atom is 0.460 e. The molecule has 1 aromatic rings. The molecule has 0 aliphatic carbocycles. The van der Waals surface area contributed by atoms with E-state index < -0.39 is 78.3 Å². The quantitative estimate of drug-likeness (QED) is 0.148. The van der Waals surface area contributed by atoms with E-state index in [0.29, 0.717) is 4.72 Å². The van der Waals surface area contributed by atoms with Gasteiger partial charge in [-0.05, 0) is 12.1 Å². The van der Waals surface area contributed by atoms with E-state index in [0.717, 1.165) is 21.1 Å². The van der Waals surface area contributed by atoms with Crippen molar-refractivity contribution >= 4 is 20.1 Å². The fourth-order valence-electron chi connectivity index (χ4n) is 2.27. The van der Waals surface area contributed by atoms with E-state index in [1.165, 1.54) is 24.3 Å². The Labute approximate surface area is 236 Å². The molecule has 0 radical (unpaired) electrons. The zero-order chi connectivity index (χ0) is 36.0. The van der Waals surface area contributed by atoms with Crippen molar-refractivity contribution in [2.75, 3.05) is 27.8 Å². The van der Waals surface area contributed by atoms with Crippen LogP contribution in [-0.2, 0) is 20.1 Å². The summed E-state index contributed by atoms with van der Waals surface area (Å²) in [4.78, 5) is -0.185. The van der Waals surface area contributed by atoms with Crippen molar-refractivity contribution in [3.8, 4) is 0 Å². The van der Waals surface area contributed by atoms with Gasteiger partial charge in [0.15, 0.2) is 0 Å². The number of hydrogen-bond acceptors (Lipinski definition) is 5. The van der Waals surface area contributed by atoms with Crippen LogP contribution in [0.4, 0.5) is 74.6 Å². The van der Waals surface area contributed by atoms with Crippen LogP contribution >= 0.6 is 0 Å². The normalized spacial score (nSPS) is 15.5. The Morgan fingerprint density at radius 2 is 0.909 bits per heavy atom. The molecule has 0 aromatic heterocycles. The van der Waals surface area contributed by atoms with Crippen LogP contribution in [-0.4, -0.2) is 101 Å². The van der Waals surface area contributed by atoms with Crippen molar-refractivity contribution in [1.82, 2.24) is 4.72 Å². The predicted octanol–water partition coefficient (Wildman–Crippen LogP) is 5.13. The van der Waals surface area contributed by atoms with Gasteiger partial charge in [0, 0.05) is 0 Å². The molecule has 7 nitrogen and oxygen atoms in total. The summed E-state index contributed by atoms with van der Waals surface area (Å²) >= 11 is 0. The Bertz CT molecular complexity index is 1360. The Balaban J connectivity index is 0.00000155. The Morgan fingerprint density at radius 1 is 0.591 bits per heavy atom. The molecule has 0 saturated carbocycles. The molecule has 44 heavy (non-hydrogen) atoms. The molecule has 0 aliphatic rings. The number of sulfonamides is 1. The lowest BCUT2D eigenvalue weighted by atomic mass is 9.91. The van der Waals surface area contributed by atoms with Crippen molar-refractivity contribution in [3.63, 3.8) is 0 Å². The average Bonchev–Trinajstić information content (AvgIpc) is 2.81. The molecule has 0 unspecified atom stereocenters. The van der Waals surface area contributed by atoms with Gasteiger partial charge in [-0.1, -0.05) is 18.2 Å². The zero-order valence-corrected chi connectivity index (χ0v) is 23.0. The largest absolute Gasteiger partial charge is 0.744 e. The monoisotopic (exact) mass is 728 g/mol. The van der Waals surface area contributed by atoms with Gasteiger partial charge in [-0.25, -0.2) is 16.8 Å². The highest BCUT2D eigenvalue weighted by molar-refractivity contribution is 7.90. The van der Waals surface area contributed by atoms with Crippen LogP contribution < -0.4 is 4.72 Å². The van der Waals surface area contributed by atoms with Crippen LogP contribution in [0.1, 0.15) is 0 Å². The Morgan fingerprint density at radius 3 is 1.18 bits per heavy atom. The Hall–Kier alpha value is -2.19. The number of halogens is 17. The number of alkyl halides is 17. The Kier molecular flexibility index (Phi) is 11.3. The summed E-state index contributed by atoms with van der Waals surface area (Å²) in [6.07, 6.45) is -7.86. The average molecular weight is 728 g/mol. The van der Waals surface area contributed by atoms with Crippen molar-refractivity contribution < 1.29 is 101 Å². The summed E-state index contributed by atoms with van der Waals surface area (Å²) in [5.74, 6) is -51.6. The van der Waals surface area contributed by atoms with Gasteiger partial charge >= 0.3 is 47.0 Å². The lowest BCUT2D eigenvalue weighted by Crippen LogP contribution is -2.75. The van der Waals surface area contributed by atoms with Gasteiger partial charge in [0.1, 0.15) is 16.8 Å². The second-order valence-corrected chi connectivity index (χ2v) is 12.5. The minimum Gasteiger partial charge on any atom is -0.744 e. The fourth-order valence-corrected chi connectivity index (χ4v) is 3.97. The smallest absolute Gasteiger partial charge is 0.460 e. The summed E-state index contributed by atoms with van der Waals surface area (Å²) in [6.45, 7) is -1.37. The number of benzene rings is 1. The lowest BCUT2D eigenvalue weighted by Gasteiger charge is -2.42. The molecular weight excluding hydrogens is 711 g/mol. The van der Waals surface area contributed by atoms with Gasteiger partial charge in [0.25, 0.3) is 10.0 Å². The first-order valence-corrected chi connectivity index (χ1v) is 13.2. The molecule has 26 heteroatoms. The van der Waals surface area contributed by atoms with E-state index in [2.05, 4.69) is 0 Å². The first kappa shape index (κ1) is 41.8. The third kappa shape index (κ3) is 7.27. The van der Waals surface area contributed by atoms with Crippen LogP contribution in [0.25, 0.3) is 0 Å². The SMILES string of the molecule is C[N+](C)(C)CNS(=O)(=O)C(F)(F)C(F)(F)C(F)(F)C(F)(F)C(F)(F)C(F)(F)C(F)(F)C(F)(F)F.O=S(=O)([O-])c1ccccc1. The van der Waals surface area contributed by atoms with E-state index >= 15 is 0 Å². The standard InChI is InChI=1S/C12H12F17N2O2S.C6H6O3S/c1-31(2,3)4-30-34(32,33)12(28,29)10(23,24)8(19,20)6(15,16)5(13,14)7(17,18)9(21,22)11(25,26)27;7-10(8,9)6-4-2-1-3-5-6/h30H,4H2,1-3H3;1-5H,(H,7,8,9)/q+1;/p-1. The van der Waals surface area contributed by atoms with Gasteiger partial charge in [0.05, 0.1) is 26.0 Å². The summed E-state index contributed by atoms with van der Waals surface area (Å²) < 4.78 is 276. The summed E-state index contributed by atoms with van der Waals surface area (Å²) in [5, 5.41) is -7.54. The van der Waals surface area contributed by atoms with Crippen molar-refractivity contribution in [1.29, 1.82) is 0 Å². The van der Waals surface area contributed by atoms with Gasteiger partial charge in [-0.15, -0.1) is 0 Å². The molecule has 0 amide bonds. The van der Waals surface area contributed by atoms with Gasteiger partial charge in [-0.2, -0.15) is 79.4 Å². The zero-order valence-electron chi connectivity index (χ0n) is 21.3. The molecule has 1 aromatic carbocycles. The van der Waals surface area contributed by atoms with Gasteiger partial charge in [0.2, 0.25) is 0 Å². The highest BCUT2D eigenvalue weighted by atomic mass is 32.2. The van der Waals surface area contributed by atoms with Crippen LogP contribution in [0.5, 0.6) is 0 Å². The molecule has 1 rings (SSSR count). The van der Waals surface area contributed by atoms with E-state index in [4.69, 9.17) is 0 Å². The number of quaternary nitrogens is 1. The minimum atomic E-state index is -8.83. The molecular formula is C18H17F17N2O5S2. The van der Waals surface area contributed by atoms with Gasteiger partial charge < -0.3 is 9.04 Å². The highest BCUT2D eigenvalue weighted by Gasteiger charge is 2.96. The van der Waals surface area contributed by atoms with E-state index in [1.807, 2.05) is 0 Å². The lowest BCUT2D eigenvalue weighted by molar-refractivity contribution is -0.871. The molecule has 0 bridgehead atoms. The number of hydrogen-bond donors (Lipinski definition) is 1. The van der Waals surface area contributed by atoms with E-state index in [9.17, 15) is 96.0 Å². The van der Waals surface area contributed by atoms with Crippen LogP contribution in [0.15, 0.2) is 35.2 Å². The molecule has 0 aliphatic heterocycles. The van der Waals surface area contributed by atoms with Crippen LogP contribution in [0, 0.1) is 0 Å². The summed E-state index contributed by atoms with van der Waals surface area (Å²) in [7, 11) is -8.65. The second kappa shape index (κ2) is 11.9. The minimum absolute atomic E-state index is 0.185. The van der Waals surface area contributed by atoms with Crippen LogP contribution in [0.2, 0.25) is 0 Å². The summed E-state index contributed by atoms with van der Waals surface area (Å²) in [5.41, 5.74) is 0. The van der Waals surface area contributed by atoms with Crippen molar-refractivity contribution in [2.45, 2.75) is 51.9 Å². The first-order valence-electron chi connectivity index (χ1n) is 10.3. The second-order valence-electron chi connectivity index (χ2n) is 9.32. The third-order valence-corrected chi connectivity index (χ3v) is 7.08. The molecule has 0 atom stereocenters. The van der Waals surface area contributed by atoms with E-state index in [1.54, 1.807) is 6.07 Å².